The summed E-state index contributed by atoms with van der Waals surface area (Å²) >= 11 is 1.68. The van der Waals surface area contributed by atoms with E-state index in [1.807, 2.05) is 42.5 Å². The van der Waals surface area contributed by atoms with Gasteiger partial charge in [-0.2, -0.15) is 0 Å². The minimum absolute atomic E-state index is 0.351. The molecule has 0 radical (unpaired) electrons. The number of amides is 1. The van der Waals surface area contributed by atoms with E-state index < -0.39 is 18.0 Å². The molecule has 0 aliphatic rings. The molecule has 0 fully saturated rings. The van der Waals surface area contributed by atoms with Crippen molar-refractivity contribution in [3.63, 3.8) is 0 Å². The lowest BCUT2D eigenvalue weighted by Gasteiger charge is -2.13. The molecule has 6 nitrogen and oxygen atoms in total. The zero-order valence-corrected chi connectivity index (χ0v) is 17.1. The Bertz CT molecular complexity index is 1140. The molecular formula is C23H19N3O3S. The number of pyridine rings is 1. The molecule has 7 heteroatoms. The van der Waals surface area contributed by atoms with E-state index in [0.717, 1.165) is 22.5 Å². The van der Waals surface area contributed by atoms with Gasteiger partial charge in [-0.05, 0) is 48.9 Å². The number of ether oxygens (including phenoxy) is 1. The molecule has 150 valence electrons. The lowest BCUT2D eigenvalue weighted by atomic mass is 10.1. The van der Waals surface area contributed by atoms with Crippen molar-refractivity contribution in [2.45, 2.75) is 19.4 Å². The maximum Gasteiger partial charge on any atom is 0.339 e. The van der Waals surface area contributed by atoms with Crippen molar-refractivity contribution in [3.05, 3.63) is 89.2 Å². The zero-order valence-electron chi connectivity index (χ0n) is 16.2. The van der Waals surface area contributed by atoms with Crippen LogP contribution in [0.2, 0.25) is 0 Å². The molecule has 30 heavy (non-hydrogen) atoms. The van der Waals surface area contributed by atoms with Gasteiger partial charge in [0.15, 0.2) is 6.10 Å². The second-order valence-corrected chi connectivity index (χ2v) is 7.84. The first-order valence-electron chi connectivity index (χ1n) is 9.44. The van der Waals surface area contributed by atoms with Gasteiger partial charge in [-0.1, -0.05) is 24.3 Å². The average Bonchev–Trinajstić information content (AvgIpc) is 3.18. The number of fused-ring (bicyclic) bond motifs is 1. The molecule has 4 aromatic rings. The molecule has 0 saturated heterocycles. The quantitative estimate of drug-likeness (QED) is 0.468. The third kappa shape index (κ3) is 4.69. The van der Waals surface area contributed by atoms with E-state index >= 15 is 0 Å². The second-order valence-electron chi connectivity index (χ2n) is 6.72. The van der Waals surface area contributed by atoms with Crippen LogP contribution in [0.5, 0.6) is 0 Å². The topological polar surface area (TPSA) is 81.2 Å². The monoisotopic (exact) mass is 417 g/mol. The van der Waals surface area contributed by atoms with E-state index in [1.54, 1.807) is 11.3 Å². The molecule has 0 aliphatic carbocycles. The van der Waals surface area contributed by atoms with Crippen LogP contribution in [0.1, 0.15) is 27.9 Å². The number of hydrogen-bond acceptors (Lipinski definition) is 6. The van der Waals surface area contributed by atoms with Crippen molar-refractivity contribution in [2.24, 2.45) is 0 Å². The van der Waals surface area contributed by atoms with Crippen LogP contribution in [0, 0.1) is 0 Å². The number of para-hydroxylation sites is 1. The minimum atomic E-state index is -0.923. The average molecular weight is 417 g/mol. The van der Waals surface area contributed by atoms with Gasteiger partial charge in [0.05, 0.1) is 20.8 Å². The van der Waals surface area contributed by atoms with E-state index in [2.05, 4.69) is 21.4 Å². The molecule has 0 unspecified atom stereocenters. The summed E-state index contributed by atoms with van der Waals surface area (Å²) in [6, 6.07) is 18.7. The Kier molecular flexibility index (Phi) is 5.81. The predicted molar refractivity (Wildman–Crippen MR) is 117 cm³/mol. The summed E-state index contributed by atoms with van der Waals surface area (Å²) < 4.78 is 6.39. The second kappa shape index (κ2) is 8.84. The van der Waals surface area contributed by atoms with Gasteiger partial charge in [0.1, 0.15) is 0 Å². The number of thiazole rings is 1. The number of anilines is 1. The zero-order chi connectivity index (χ0) is 20.9. The van der Waals surface area contributed by atoms with Crippen LogP contribution in [0.15, 0.2) is 73.1 Å². The fourth-order valence-electron chi connectivity index (χ4n) is 2.89. The summed E-state index contributed by atoms with van der Waals surface area (Å²) in [4.78, 5) is 32.9. The maximum atomic E-state index is 12.3. The van der Waals surface area contributed by atoms with Crippen LogP contribution in [0.4, 0.5) is 5.69 Å². The highest BCUT2D eigenvalue weighted by atomic mass is 32.1. The third-order valence-electron chi connectivity index (χ3n) is 4.48. The van der Waals surface area contributed by atoms with Crippen molar-refractivity contribution < 1.29 is 14.3 Å². The van der Waals surface area contributed by atoms with Crippen molar-refractivity contribution in [1.29, 1.82) is 0 Å². The fraction of sp³-hybridized carbons (Fsp3) is 0.130. The number of carbonyl (C=O) groups is 2. The molecule has 0 bridgehead atoms. The van der Waals surface area contributed by atoms with Crippen LogP contribution in [0.25, 0.3) is 10.2 Å². The Hall–Kier alpha value is -3.58. The molecule has 2 heterocycles. The van der Waals surface area contributed by atoms with E-state index in [1.165, 1.54) is 36.2 Å². The van der Waals surface area contributed by atoms with Crippen molar-refractivity contribution in [3.8, 4) is 0 Å². The molecule has 4 rings (SSSR count). The smallest absolute Gasteiger partial charge is 0.339 e. The first-order chi connectivity index (χ1) is 14.6. The number of carbonyl (C=O) groups excluding carboxylic acids is 2. The molecule has 1 atom stereocenters. The van der Waals surface area contributed by atoms with E-state index in [-0.39, 0.29) is 0 Å². The molecule has 0 spiro atoms. The standard InChI is InChI=1S/C23H19N3O3S/c1-15(29-23(28)17-10-12-24-13-11-17)22(27)25-18-8-6-16(7-9-18)14-21-26-19-4-2-3-5-20(19)30-21/h2-13,15H,14H2,1H3,(H,25,27)/t15-/m0/s1. The van der Waals surface area contributed by atoms with E-state index in [0.29, 0.717) is 11.3 Å². The Morgan fingerprint density at radius 1 is 1.03 bits per heavy atom. The van der Waals surface area contributed by atoms with Gasteiger partial charge in [-0.15, -0.1) is 11.3 Å². The normalized spacial score (nSPS) is 11.8. The highest BCUT2D eigenvalue weighted by Crippen LogP contribution is 2.24. The summed E-state index contributed by atoms with van der Waals surface area (Å²) in [7, 11) is 0. The lowest BCUT2D eigenvalue weighted by Crippen LogP contribution is -2.30. The molecule has 1 amide bonds. The third-order valence-corrected chi connectivity index (χ3v) is 5.52. The van der Waals surface area contributed by atoms with Gasteiger partial charge < -0.3 is 10.1 Å². The first kappa shape index (κ1) is 19.7. The Morgan fingerprint density at radius 3 is 2.50 bits per heavy atom. The Labute approximate surface area is 177 Å². The Balaban J connectivity index is 1.34. The number of aromatic nitrogens is 2. The van der Waals surface area contributed by atoms with Crippen LogP contribution in [-0.4, -0.2) is 27.9 Å². The van der Waals surface area contributed by atoms with Gasteiger partial charge in [0, 0.05) is 24.5 Å². The molecular weight excluding hydrogens is 398 g/mol. The summed E-state index contributed by atoms with van der Waals surface area (Å²) in [6.45, 7) is 1.54. The van der Waals surface area contributed by atoms with Crippen LogP contribution >= 0.6 is 11.3 Å². The van der Waals surface area contributed by atoms with E-state index in [4.69, 9.17) is 4.74 Å². The Morgan fingerprint density at radius 2 is 1.77 bits per heavy atom. The number of nitrogens with one attached hydrogen (secondary N) is 1. The van der Waals surface area contributed by atoms with Crippen molar-refractivity contribution in [1.82, 2.24) is 9.97 Å². The molecule has 2 aromatic heterocycles. The van der Waals surface area contributed by atoms with Crippen LogP contribution in [0.3, 0.4) is 0 Å². The van der Waals surface area contributed by atoms with Gasteiger partial charge in [0.25, 0.3) is 5.91 Å². The van der Waals surface area contributed by atoms with E-state index in [9.17, 15) is 9.59 Å². The number of esters is 1. The minimum Gasteiger partial charge on any atom is -0.449 e. The number of benzene rings is 2. The molecule has 1 N–H and O–H groups in total. The lowest BCUT2D eigenvalue weighted by molar-refractivity contribution is -0.123. The van der Waals surface area contributed by atoms with Gasteiger partial charge in [-0.3, -0.25) is 9.78 Å². The SMILES string of the molecule is C[C@H](OC(=O)c1ccncc1)C(=O)Nc1ccc(Cc2nc3ccccc3s2)cc1. The summed E-state index contributed by atoms with van der Waals surface area (Å²) in [6.07, 6.45) is 2.80. The highest BCUT2D eigenvalue weighted by Gasteiger charge is 2.19. The fourth-order valence-corrected chi connectivity index (χ4v) is 3.89. The summed E-state index contributed by atoms with van der Waals surface area (Å²) in [5.74, 6) is -0.956. The number of nitrogens with zero attached hydrogens (tertiary/aromatic N) is 2. The number of rotatable bonds is 6. The largest absolute Gasteiger partial charge is 0.449 e. The van der Waals surface area contributed by atoms with Crippen molar-refractivity contribution >= 4 is 39.1 Å². The van der Waals surface area contributed by atoms with Gasteiger partial charge in [-0.25, -0.2) is 9.78 Å². The van der Waals surface area contributed by atoms with Crippen molar-refractivity contribution in [2.75, 3.05) is 5.32 Å². The molecule has 0 aliphatic heterocycles. The van der Waals surface area contributed by atoms with Crippen LogP contribution < -0.4 is 5.32 Å². The predicted octanol–water partition coefficient (Wildman–Crippen LogP) is 4.47. The molecule has 2 aromatic carbocycles. The summed E-state index contributed by atoms with van der Waals surface area (Å²) in [5, 5.41) is 3.82. The number of hydrogen-bond donors (Lipinski definition) is 1. The van der Waals surface area contributed by atoms with Crippen LogP contribution in [-0.2, 0) is 16.0 Å². The van der Waals surface area contributed by atoms with Gasteiger partial charge in [0.2, 0.25) is 0 Å². The highest BCUT2D eigenvalue weighted by molar-refractivity contribution is 7.18. The molecule has 0 saturated carbocycles. The first-order valence-corrected chi connectivity index (χ1v) is 10.3. The summed E-state index contributed by atoms with van der Waals surface area (Å²) in [5.41, 5.74) is 3.10. The van der Waals surface area contributed by atoms with Gasteiger partial charge >= 0.3 is 5.97 Å². The maximum absolute atomic E-state index is 12.3.